The average Bonchev–Trinajstić information content (AvgIpc) is 2.48. The lowest BCUT2D eigenvalue weighted by Gasteiger charge is -2.29. The van der Waals surface area contributed by atoms with Gasteiger partial charge in [0.15, 0.2) is 0 Å². The molecule has 0 aromatic rings. The van der Waals surface area contributed by atoms with Crippen LogP contribution in [0.4, 0.5) is 4.79 Å². The number of ether oxygens (including phenoxy) is 2. The zero-order valence-corrected chi connectivity index (χ0v) is 14.8. The van der Waals surface area contributed by atoms with Crippen molar-refractivity contribution in [1.82, 2.24) is 5.32 Å². The molecule has 1 atom stereocenters. The summed E-state index contributed by atoms with van der Waals surface area (Å²) in [5.74, 6) is -0.377. The van der Waals surface area contributed by atoms with Crippen LogP contribution in [0.3, 0.4) is 0 Å². The summed E-state index contributed by atoms with van der Waals surface area (Å²) in [7, 11) is 0. The van der Waals surface area contributed by atoms with Crippen LogP contribution < -0.4 is 5.32 Å². The van der Waals surface area contributed by atoms with Crippen molar-refractivity contribution in [1.29, 1.82) is 0 Å². The lowest BCUT2D eigenvalue weighted by molar-refractivity contribution is -0.148. The third-order valence-electron chi connectivity index (χ3n) is 3.46. The number of hydrogen-bond donors (Lipinski definition) is 1. The molecule has 0 radical (unpaired) electrons. The summed E-state index contributed by atoms with van der Waals surface area (Å²) in [4.78, 5) is 24.0. The molecule has 5 nitrogen and oxygen atoms in total. The number of esters is 1. The second-order valence-corrected chi connectivity index (χ2v) is 7.89. The van der Waals surface area contributed by atoms with Gasteiger partial charge in [0.25, 0.3) is 0 Å². The van der Waals surface area contributed by atoms with Gasteiger partial charge in [-0.1, -0.05) is 61.0 Å². The van der Waals surface area contributed by atoms with Crippen molar-refractivity contribution in [3.63, 3.8) is 0 Å². The number of hydrogen-bond acceptors (Lipinski definition) is 4. The molecule has 1 rings (SSSR count). The summed E-state index contributed by atoms with van der Waals surface area (Å²) in [6, 6.07) is -0.713. The summed E-state index contributed by atoms with van der Waals surface area (Å²) in [5.41, 5.74) is 0. The smallest absolute Gasteiger partial charge is 0.408 e. The molecule has 128 valence electrons. The van der Waals surface area contributed by atoms with Gasteiger partial charge in [0.05, 0.1) is 6.61 Å². The first-order valence-electron chi connectivity index (χ1n) is 7.50. The van der Waals surface area contributed by atoms with Crippen LogP contribution in [-0.2, 0) is 14.3 Å². The maximum absolute atomic E-state index is 12.2. The Morgan fingerprint density at radius 1 is 1.18 bits per heavy atom. The molecule has 1 unspecified atom stereocenters. The molecule has 1 fully saturated rings. The van der Waals surface area contributed by atoms with Crippen molar-refractivity contribution >= 4 is 46.9 Å². The van der Waals surface area contributed by atoms with Gasteiger partial charge in [-0.2, -0.15) is 0 Å². The molecule has 1 aliphatic rings. The van der Waals surface area contributed by atoms with Gasteiger partial charge in [-0.05, 0) is 25.2 Å². The van der Waals surface area contributed by atoms with E-state index in [9.17, 15) is 9.59 Å². The maximum atomic E-state index is 12.2. The third kappa shape index (κ3) is 7.75. The zero-order valence-electron chi connectivity index (χ0n) is 12.6. The lowest BCUT2D eigenvalue weighted by atomic mass is 9.84. The molecule has 1 N–H and O–H groups in total. The third-order valence-corrected chi connectivity index (χ3v) is 3.79. The topological polar surface area (TPSA) is 64.6 Å². The highest BCUT2D eigenvalue weighted by Crippen LogP contribution is 2.28. The summed E-state index contributed by atoms with van der Waals surface area (Å²) in [6.07, 6.45) is 4.90. The molecule has 0 saturated heterocycles. The highest BCUT2D eigenvalue weighted by Gasteiger charge is 2.33. The van der Waals surface area contributed by atoms with Gasteiger partial charge >= 0.3 is 12.1 Å². The van der Waals surface area contributed by atoms with Crippen molar-refractivity contribution in [3.05, 3.63) is 0 Å². The van der Waals surface area contributed by atoms with Crippen molar-refractivity contribution in [2.45, 2.75) is 55.3 Å². The fourth-order valence-corrected chi connectivity index (χ4v) is 2.61. The van der Waals surface area contributed by atoms with E-state index in [2.05, 4.69) is 5.32 Å². The Bertz CT molecular complexity index is 368. The van der Waals surface area contributed by atoms with Crippen LogP contribution in [0.1, 0.15) is 45.4 Å². The first-order valence-corrected chi connectivity index (χ1v) is 8.63. The molecule has 0 spiro atoms. The van der Waals surface area contributed by atoms with Crippen molar-refractivity contribution in [2.24, 2.45) is 5.92 Å². The summed E-state index contributed by atoms with van der Waals surface area (Å²) in [6.45, 7) is 1.85. The molecular formula is C14H22Cl3NO4. The summed E-state index contributed by atoms with van der Waals surface area (Å²) < 4.78 is 8.31. The van der Waals surface area contributed by atoms with Gasteiger partial charge in [-0.15, -0.1) is 0 Å². The molecule has 1 saturated carbocycles. The minimum absolute atomic E-state index is 0.0541. The normalized spacial score (nSPS) is 17.6. The standard InChI is InChI=1S/C14H22Cl3NO4/c1-2-8-21-12(19)11(10-6-4-3-5-7-10)18-13(20)22-9-14(15,16)17/h10-11H,2-9H2,1H3,(H,18,20). The Morgan fingerprint density at radius 3 is 2.36 bits per heavy atom. The molecule has 0 bridgehead atoms. The van der Waals surface area contributed by atoms with E-state index in [0.717, 1.165) is 38.5 Å². The highest BCUT2D eigenvalue weighted by molar-refractivity contribution is 6.67. The molecule has 1 amide bonds. The number of halogens is 3. The van der Waals surface area contributed by atoms with Gasteiger partial charge in [0.2, 0.25) is 3.79 Å². The summed E-state index contributed by atoms with van der Waals surface area (Å²) in [5, 5.41) is 2.56. The number of amides is 1. The second-order valence-electron chi connectivity index (χ2n) is 5.38. The minimum atomic E-state index is -1.68. The van der Waals surface area contributed by atoms with Gasteiger partial charge in [0.1, 0.15) is 12.6 Å². The average molecular weight is 375 g/mol. The lowest BCUT2D eigenvalue weighted by Crippen LogP contribution is -2.48. The van der Waals surface area contributed by atoms with Crippen LogP contribution in [0.15, 0.2) is 0 Å². The maximum Gasteiger partial charge on any atom is 0.408 e. The molecule has 0 aromatic carbocycles. The first-order chi connectivity index (χ1) is 10.3. The number of carbonyl (C=O) groups is 2. The van der Waals surface area contributed by atoms with Crippen molar-refractivity contribution < 1.29 is 19.1 Å². The van der Waals surface area contributed by atoms with Gasteiger partial charge in [0, 0.05) is 0 Å². The highest BCUT2D eigenvalue weighted by atomic mass is 35.6. The Hall–Kier alpha value is -0.390. The van der Waals surface area contributed by atoms with E-state index in [0.29, 0.717) is 6.61 Å². The van der Waals surface area contributed by atoms with Crippen LogP contribution in [0.2, 0.25) is 0 Å². The number of carbonyl (C=O) groups excluding carboxylic acids is 2. The Morgan fingerprint density at radius 2 is 1.82 bits per heavy atom. The van der Waals surface area contributed by atoms with Crippen molar-refractivity contribution in [3.8, 4) is 0 Å². The Labute approximate surface area is 145 Å². The molecule has 8 heteroatoms. The molecule has 0 aliphatic heterocycles. The van der Waals surface area contributed by atoms with Gasteiger partial charge in [-0.3, -0.25) is 0 Å². The largest absolute Gasteiger partial charge is 0.464 e. The summed E-state index contributed by atoms with van der Waals surface area (Å²) >= 11 is 16.6. The minimum Gasteiger partial charge on any atom is -0.464 e. The van der Waals surface area contributed by atoms with E-state index in [1.165, 1.54) is 0 Å². The SMILES string of the molecule is CCCOC(=O)C(NC(=O)OCC(Cl)(Cl)Cl)C1CCCCC1. The molecule has 22 heavy (non-hydrogen) atoms. The van der Waals surface area contributed by atoms with E-state index >= 15 is 0 Å². The van der Waals surface area contributed by atoms with Crippen LogP contribution in [0, 0.1) is 5.92 Å². The van der Waals surface area contributed by atoms with E-state index in [1.807, 2.05) is 6.92 Å². The fraction of sp³-hybridized carbons (Fsp3) is 0.857. The van der Waals surface area contributed by atoms with Crippen LogP contribution in [0.25, 0.3) is 0 Å². The Kier molecular flexibility index (Phi) is 8.65. The molecule has 0 aromatic heterocycles. The first kappa shape index (κ1) is 19.7. The number of rotatable bonds is 6. The van der Waals surface area contributed by atoms with E-state index in [-0.39, 0.29) is 12.5 Å². The predicted molar refractivity (Wildman–Crippen MR) is 86.4 cm³/mol. The van der Waals surface area contributed by atoms with Gasteiger partial charge < -0.3 is 14.8 Å². The van der Waals surface area contributed by atoms with Crippen LogP contribution in [0.5, 0.6) is 0 Å². The quantitative estimate of drug-likeness (QED) is 0.564. The zero-order chi connectivity index (χ0) is 16.6. The predicted octanol–water partition coefficient (Wildman–Crippen LogP) is 3.98. The molecule has 1 aliphatic carbocycles. The number of nitrogens with one attached hydrogen (secondary N) is 1. The number of alkyl carbamates (subject to hydrolysis) is 1. The fourth-order valence-electron chi connectivity index (χ4n) is 2.45. The van der Waals surface area contributed by atoms with Gasteiger partial charge in [-0.25, -0.2) is 9.59 Å². The van der Waals surface area contributed by atoms with Crippen molar-refractivity contribution in [2.75, 3.05) is 13.2 Å². The number of alkyl halides is 3. The van der Waals surface area contributed by atoms with E-state index in [4.69, 9.17) is 44.3 Å². The van der Waals surface area contributed by atoms with Crippen LogP contribution >= 0.6 is 34.8 Å². The molecule has 0 heterocycles. The van der Waals surface area contributed by atoms with E-state index < -0.39 is 21.9 Å². The monoisotopic (exact) mass is 373 g/mol. The second kappa shape index (κ2) is 9.68. The Balaban J connectivity index is 2.60. The van der Waals surface area contributed by atoms with Crippen LogP contribution in [-0.4, -0.2) is 35.1 Å². The van der Waals surface area contributed by atoms with E-state index in [1.54, 1.807) is 0 Å². The molecular weight excluding hydrogens is 353 g/mol.